The minimum Gasteiger partial charge on any atom is -0.480 e. The van der Waals surface area contributed by atoms with E-state index in [1.807, 2.05) is 121 Å². The van der Waals surface area contributed by atoms with Crippen molar-refractivity contribution in [3.05, 3.63) is 144 Å². The van der Waals surface area contributed by atoms with Gasteiger partial charge in [0.15, 0.2) is 0 Å². The fraction of sp³-hybridized carbons (Fsp3) is 0.600. The average molecular weight is 1760 g/mol. The number of aliphatic hydroxyl groups is 2. The minimum absolute atomic E-state index is 0.0266. The van der Waals surface area contributed by atoms with E-state index in [4.69, 9.17) is 73.8 Å². The Morgan fingerprint density at radius 3 is 0.967 bits per heavy atom. The predicted octanol–water partition coefficient (Wildman–Crippen LogP) is 9.72. The number of amides is 6. The Morgan fingerprint density at radius 2 is 0.707 bits per heavy atom. The summed E-state index contributed by atoms with van der Waals surface area (Å²) in [6.45, 7) is 26.8. The molecule has 0 aromatic heterocycles. The van der Waals surface area contributed by atoms with E-state index in [0.29, 0.717) is 84.4 Å². The number of rotatable bonds is 26. The third-order valence-corrected chi connectivity index (χ3v) is 20.3. The van der Waals surface area contributed by atoms with E-state index in [1.54, 1.807) is 90.0 Å². The van der Waals surface area contributed by atoms with Gasteiger partial charge >= 0.3 is 69.8 Å². The van der Waals surface area contributed by atoms with E-state index in [2.05, 4.69) is 30.8 Å². The highest BCUT2D eigenvalue weighted by molar-refractivity contribution is 7.87. The van der Waals surface area contributed by atoms with E-state index in [9.17, 15) is 74.6 Å². The molecule has 4 aromatic carbocycles. The highest BCUT2D eigenvalue weighted by Crippen LogP contribution is 2.42. The first-order valence-corrected chi connectivity index (χ1v) is 41.9. The second kappa shape index (κ2) is 45.8. The van der Waals surface area contributed by atoms with Gasteiger partial charge in [-0.05, 0) is 119 Å². The summed E-state index contributed by atoms with van der Waals surface area (Å²) < 4.78 is 121. The number of urea groups is 1. The van der Waals surface area contributed by atoms with Crippen LogP contribution < -0.4 is 38.1 Å². The first-order valence-electron chi connectivity index (χ1n) is 40.5. The summed E-state index contributed by atoms with van der Waals surface area (Å²) >= 11 is 0. The van der Waals surface area contributed by atoms with Crippen molar-refractivity contribution in [2.24, 2.45) is 11.5 Å². The number of ether oxygens (including phenoxy) is 11. The molecule has 0 unspecified atom stereocenters. The van der Waals surface area contributed by atoms with Crippen molar-refractivity contribution in [2.75, 3.05) is 33.0 Å². The molecule has 7 aliphatic rings. The topological polar surface area (TPSA) is 488 Å². The molecule has 34 nitrogen and oxygen atoms in total. The minimum atomic E-state index is -5.80. The van der Waals surface area contributed by atoms with Crippen LogP contribution in [0.4, 0.5) is 32.3 Å². The number of alkyl halides is 3. The Labute approximate surface area is 715 Å². The highest BCUT2D eigenvalue weighted by atomic mass is 32.2. The monoisotopic (exact) mass is 1760 g/mol. The van der Waals surface area contributed by atoms with Gasteiger partial charge in [-0.2, -0.15) is 21.6 Å². The number of carboxylic acid groups (broad SMARTS) is 1. The number of nitrogens with one attached hydrogen (secondary N) is 5. The quantitative estimate of drug-likeness (QED) is 0.00918. The zero-order valence-electron chi connectivity index (χ0n) is 72.2. The number of carboxylic acids is 1. The zero-order chi connectivity index (χ0) is 92.1. The molecule has 7 fully saturated rings. The molecule has 0 atom stereocenters. The lowest BCUT2D eigenvalue weighted by molar-refractivity contribution is -0.164. The maximum atomic E-state index is 12.3. The Morgan fingerprint density at radius 1 is 0.439 bits per heavy atom. The van der Waals surface area contributed by atoms with E-state index < -0.39 is 139 Å². The summed E-state index contributed by atoms with van der Waals surface area (Å²) in [5, 5.41) is 38.1. The fourth-order valence-electron chi connectivity index (χ4n) is 13.0. The molecule has 1 heterocycles. The molecule has 1 aliphatic heterocycles. The van der Waals surface area contributed by atoms with Gasteiger partial charge in [-0.3, -0.25) is 23.9 Å². The Kier molecular flexibility index (Phi) is 38.7. The molecule has 12 N–H and O–H groups in total. The number of imide groups is 1. The van der Waals surface area contributed by atoms with Crippen molar-refractivity contribution in [3.63, 3.8) is 0 Å². The number of alkyl carbamates (subject to hydrolysis) is 3. The zero-order valence-corrected chi connectivity index (χ0v) is 73.0. The van der Waals surface area contributed by atoms with Crippen LogP contribution in [0.25, 0.3) is 0 Å². The maximum absolute atomic E-state index is 12.3. The van der Waals surface area contributed by atoms with Gasteiger partial charge in [0.25, 0.3) is 5.91 Å². The number of hydrogen-bond donors (Lipinski definition) is 10. The van der Waals surface area contributed by atoms with Gasteiger partial charge in [0.05, 0.1) is 89.5 Å². The van der Waals surface area contributed by atoms with Crippen molar-refractivity contribution < 1.29 is 141 Å². The molecule has 123 heavy (non-hydrogen) atoms. The van der Waals surface area contributed by atoms with Crippen LogP contribution in [0.5, 0.6) is 0 Å². The molecule has 1 spiro atoms. The molecule has 6 saturated carbocycles. The molecule has 1 saturated heterocycles. The molecule has 4 aromatic rings. The van der Waals surface area contributed by atoms with E-state index in [0.717, 1.165) is 22.3 Å². The molecule has 38 heteroatoms. The first-order chi connectivity index (χ1) is 57.4. The summed E-state index contributed by atoms with van der Waals surface area (Å²) in [7, 11) is -5.80. The van der Waals surface area contributed by atoms with Gasteiger partial charge in [0, 0.05) is 83.7 Å². The number of aliphatic carboxylic acids is 1. The summed E-state index contributed by atoms with van der Waals surface area (Å²) in [5.74, 6) is -3.37. The second-order valence-electron chi connectivity index (χ2n) is 33.3. The number of carbonyl (C=O) groups is 10. The van der Waals surface area contributed by atoms with Gasteiger partial charge in [-0.1, -0.05) is 121 Å². The van der Waals surface area contributed by atoms with Gasteiger partial charge in [-0.25, -0.2) is 33.6 Å². The molecule has 0 radical (unpaired) electrons. The van der Waals surface area contributed by atoms with Crippen LogP contribution in [0.2, 0.25) is 0 Å². The van der Waals surface area contributed by atoms with Crippen LogP contribution in [0.1, 0.15) is 196 Å². The smallest absolute Gasteiger partial charge is 0.480 e. The number of aliphatic hydroxyl groups excluding tert-OH is 2. The molecular weight excluding hydrogens is 1640 g/mol. The average Bonchev–Trinajstić information content (AvgIpc) is 1.65. The Hall–Kier alpha value is -9.64. The third-order valence-electron chi connectivity index (χ3n) is 19.2. The maximum Gasteiger partial charge on any atom is 0.523 e. The summed E-state index contributed by atoms with van der Waals surface area (Å²) in [6.07, 6.45) is -1.31. The van der Waals surface area contributed by atoms with E-state index in [-0.39, 0.29) is 75.6 Å². The van der Waals surface area contributed by atoms with Gasteiger partial charge in [0.2, 0.25) is 0 Å². The summed E-state index contributed by atoms with van der Waals surface area (Å²) in [5.41, 5.74) is 1.71. The van der Waals surface area contributed by atoms with Crippen LogP contribution >= 0.6 is 0 Å². The summed E-state index contributed by atoms with van der Waals surface area (Å²) in [4.78, 5) is 117. The van der Waals surface area contributed by atoms with Crippen LogP contribution in [-0.4, -0.2) is 209 Å². The summed E-state index contributed by atoms with van der Waals surface area (Å²) in [6, 6.07) is 39.0. The van der Waals surface area contributed by atoms with Gasteiger partial charge < -0.3 is 100 Å². The molecule has 686 valence electrons. The number of nitrogens with two attached hydrogens (primary N) is 2. The predicted molar refractivity (Wildman–Crippen MR) is 438 cm³/mol. The second-order valence-corrected chi connectivity index (χ2v) is 34.9. The number of hydrogen-bond acceptors (Lipinski definition) is 28. The third kappa shape index (κ3) is 33.1. The highest BCUT2D eigenvalue weighted by Gasteiger charge is 2.60. The van der Waals surface area contributed by atoms with Crippen LogP contribution in [0, 0.1) is 0 Å². The fourth-order valence-corrected chi connectivity index (χ4v) is 13.6. The van der Waals surface area contributed by atoms with Crippen LogP contribution in [0.15, 0.2) is 121 Å². The SMILES string of the molecule is CCO.CCOC(=O)C1(N)CC(OCc2ccccc2)C1.CCOC(=O)C1(NC(=O)OC(C)(C)C)CC(O)C1.CCOC(=O)C1(NC(=O)OC(C)(C)C)CC(OCc2ccccc2)C1.CCOC(=O)C1(NC(=O)OC(C)(C)C)CC(OS(=O)(=O)C(F)(F)F)C1.NC1(C(=O)O)CC(OCc2ccccc2)C1.O=C1NC(=O)C2(CC(OCc3ccccc3)C2)N1. The van der Waals surface area contributed by atoms with Crippen molar-refractivity contribution >= 4 is 70.2 Å². The van der Waals surface area contributed by atoms with Crippen molar-refractivity contribution in [1.29, 1.82) is 0 Å². The van der Waals surface area contributed by atoms with Crippen molar-refractivity contribution in [2.45, 2.75) is 293 Å². The standard InChI is InChI=1S/C19H27NO5.C14H19NO3.C13H20F3NO7S.C13H14N2O3.C12H21NO5.C12H15NO3.C2H6O/c1-5-23-16(21)19(20-17(22)25-18(2,3)4)11-15(12-19)24-13-14-9-7-6-8-10-14;1-2-17-13(16)14(15)8-12(9-14)18-10-11-6-4-3-5-7-11;1-5-22-9(18)12(17-10(19)23-11(2,3)4)6-8(7-12)24-25(20,21)13(14,15)16;16-11-13(15-12(17)14-11)6-10(7-13)18-8-9-4-2-1-3-5-9;1-5-17-9(15)12(6-8(14)7-12)13-10(16)18-11(2,3)4;13-12(11(14)15)6-10(7-12)16-8-9-4-2-1-3-5-9;1-2-3/h6-10,15H,5,11-13H2,1-4H3,(H,20,22);3-7,12H,2,8-10,15H2,1H3;8H,5-7H2,1-4H3,(H,17,19);1-5,10H,6-8H2,(H2,14,15,16,17);8,14H,5-7H2,1-4H3,(H,13,16);1-5,10H,6-8,13H2,(H,14,15);3H,2H2,1H3. The molecule has 0 bridgehead atoms. The normalized spacial score (nSPS) is 25.6. The van der Waals surface area contributed by atoms with Crippen LogP contribution in [-0.2, 0) is 122 Å². The number of carbonyl (C=O) groups excluding carboxylic acids is 9. The molecule has 6 amide bonds. The number of benzene rings is 4. The lowest BCUT2D eigenvalue weighted by atomic mass is 9.74. The molecule has 11 rings (SSSR count). The molecular formula is C85H122F3N7O27S. The van der Waals surface area contributed by atoms with Crippen LogP contribution in [0.3, 0.4) is 0 Å². The Balaban J connectivity index is 0.000000262. The number of esters is 4. The number of halogens is 3. The van der Waals surface area contributed by atoms with Gasteiger partial charge in [-0.15, -0.1) is 0 Å². The van der Waals surface area contributed by atoms with E-state index in [1.165, 1.54) is 6.92 Å². The molecule has 6 aliphatic carbocycles. The lowest BCUT2D eigenvalue weighted by Crippen LogP contribution is -2.66. The Bertz CT molecular complexity index is 4180. The first kappa shape index (κ1) is 104. The largest absolute Gasteiger partial charge is 0.523 e. The van der Waals surface area contributed by atoms with Crippen molar-refractivity contribution in [3.8, 4) is 0 Å². The lowest BCUT2D eigenvalue weighted by Gasteiger charge is -2.45. The van der Waals surface area contributed by atoms with E-state index >= 15 is 0 Å². The van der Waals surface area contributed by atoms with Gasteiger partial charge in [0.1, 0.15) is 50.0 Å². The van der Waals surface area contributed by atoms with Crippen molar-refractivity contribution in [1.82, 2.24) is 26.6 Å².